The zero-order valence-corrected chi connectivity index (χ0v) is 11.9. The van der Waals surface area contributed by atoms with E-state index in [1.54, 1.807) is 30.3 Å². The molecule has 2 aromatic heterocycles. The summed E-state index contributed by atoms with van der Waals surface area (Å²) in [5.74, 6) is 1.34. The molecule has 0 atom stereocenters. The maximum Gasteiger partial charge on any atom is 0.276 e. The molecule has 0 bridgehead atoms. The summed E-state index contributed by atoms with van der Waals surface area (Å²) in [5, 5.41) is 3.77. The fourth-order valence-corrected chi connectivity index (χ4v) is 2.42. The van der Waals surface area contributed by atoms with Gasteiger partial charge < -0.3 is 14.2 Å². The monoisotopic (exact) mass is 287 g/mol. The summed E-state index contributed by atoms with van der Waals surface area (Å²) in [6.45, 7) is 3.10. The van der Waals surface area contributed by atoms with Gasteiger partial charge in [0.05, 0.1) is 6.20 Å². The third-order valence-electron chi connectivity index (χ3n) is 3.51. The molecule has 0 radical (unpaired) electrons. The van der Waals surface area contributed by atoms with E-state index in [1.165, 1.54) is 0 Å². The molecule has 3 heterocycles. The zero-order chi connectivity index (χ0) is 14.7. The third-order valence-corrected chi connectivity index (χ3v) is 3.51. The summed E-state index contributed by atoms with van der Waals surface area (Å²) in [7, 11) is 0. The van der Waals surface area contributed by atoms with Crippen molar-refractivity contribution in [2.75, 3.05) is 13.1 Å². The molecule has 21 heavy (non-hydrogen) atoms. The largest absolute Gasteiger partial charge is 0.489 e. The van der Waals surface area contributed by atoms with Crippen LogP contribution < -0.4 is 4.74 Å². The van der Waals surface area contributed by atoms with Crippen LogP contribution in [0.5, 0.6) is 5.75 Å². The van der Waals surface area contributed by atoms with Crippen LogP contribution in [0.1, 0.15) is 29.1 Å². The lowest BCUT2D eigenvalue weighted by molar-refractivity contribution is 0.0585. The molecule has 6 heteroatoms. The molecule has 1 saturated heterocycles. The van der Waals surface area contributed by atoms with E-state index in [1.807, 2.05) is 12.1 Å². The number of ether oxygens (including phenoxy) is 1. The summed E-state index contributed by atoms with van der Waals surface area (Å²) in [6, 6.07) is 5.41. The quantitative estimate of drug-likeness (QED) is 0.864. The van der Waals surface area contributed by atoms with Crippen molar-refractivity contribution in [3.8, 4) is 5.75 Å². The predicted molar refractivity (Wildman–Crippen MR) is 75.0 cm³/mol. The number of carbonyl (C=O) groups is 1. The maximum atomic E-state index is 12.2. The first-order valence-corrected chi connectivity index (χ1v) is 7.01. The highest BCUT2D eigenvalue weighted by Gasteiger charge is 2.26. The number of hydrogen-bond donors (Lipinski definition) is 0. The molecule has 2 aromatic rings. The van der Waals surface area contributed by atoms with E-state index < -0.39 is 0 Å². The van der Waals surface area contributed by atoms with Crippen LogP contribution in [-0.4, -0.2) is 40.1 Å². The number of amides is 1. The molecule has 1 fully saturated rings. The average molecular weight is 287 g/mol. The maximum absolute atomic E-state index is 12.2. The number of piperidine rings is 1. The summed E-state index contributed by atoms with van der Waals surface area (Å²) in [6.07, 6.45) is 5.15. The van der Waals surface area contributed by atoms with Crippen molar-refractivity contribution in [3.05, 3.63) is 42.0 Å². The Labute approximate surface area is 122 Å². The number of nitrogens with zero attached hydrogens (tertiary/aromatic N) is 3. The number of hydrogen-bond acceptors (Lipinski definition) is 5. The molecule has 6 nitrogen and oxygen atoms in total. The predicted octanol–water partition coefficient (Wildman–Crippen LogP) is 2.06. The molecule has 0 N–H and O–H groups in total. The van der Waals surface area contributed by atoms with E-state index in [4.69, 9.17) is 9.26 Å². The Hall–Kier alpha value is -2.37. The SMILES string of the molecule is Cc1cc(C(=O)N2CCC(Oc3cccnc3)CC2)no1. The van der Waals surface area contributed by atoms with Gasteiger partial charge in [0.15, 0.2) is 5.69 Å². The Bertz CT molecular complexity index is 604. The number of rotatable bonds is 3. The van der Waals surface area contributed by atoms with Crippen LogP contribution in [0.4, 0.5) is 0 Å². The van der Waals surface area contributed by atoms with Gasteiger partial charge in [0.25, 0.3) is 5.91 Å². The van der Waals surface area contributed by atoms with E-state index in [0.29, 0.717) is 24.5 Å². The first-order chi connectivity index (χ1) is 10.2. The van der Waals surface area contributed by atoms with Crippen LogP contribution >= 0.6 is 0 Å². The van der Waals surface area contributed by atoms with Crippen molar-refractivity contribution in [2.45, 2.75) is 25.9 Å². The minimum atomic E-state index is -0.0772. The highest BCUT2D eigenvalue weighted by molar-refractivity contribution is 5.92. The second-order valence-corrected chi connectivity index (χ2v) is 5.12. The number of carbonyl (C=O) groups excluding carboxylic acids is 1. The molecule has 0 unspecified atom stereocenters. The van der Waals surface area contributed by atoms with Gasteiger partial charge >= 0.3 is 0 Å². The van der Waals surface area contributed by atoms with Gasteiger partial charge in [-0.2, -0.15) is 0 Å². The van der Waals surface area contributed by atoms with Gasteiger partial charge in [-0.3, -0.25) is 9.78 Å². The van der Waals surface area contributed by atoms with Crippen LogP contribution in [0.25, 0.3) is 0 Å². The van der Waals surface area contributed by atoms with E-state index in [2.05, 4.69) is 10.1 Å². The van der Waals surface area contributed by atoms with E-state index in [0.717, 1.165) is 18.6 Å². The van der Waals surface area contributed by atoms with Gasteiger partial charge in [0.1, 0.15) is 17.6 Å². The fourth-order valence-electron chi connectivity index (χ4n) is 2.42. The molecule has 1 amide bonds. The standard InChI is InChI=1S/C15H17N3O3/c1-11-9-14(17-21-11)15(19)18-7-4-12(5-8-18)20-13-3-2-6-16-10-13/h2-3,6,9-10,12H,4-5,7-8H2,1H3. The molecule has 110 valence electrons. The van der Waals surface area contributed by atoms with Crippen molar-refractivity contribution in [1.29, 1.82) is 0 Å². The third kappa shape index (κ3) is 3.21. The van der Waals surface area contributed by atoms with Gasteiger partial charge in [-0.25, -0.2) is 0 Å². The number of likely N-dealkylation sites (tertiary alicyclic amines) is 1. The first kappa shape index (κ1) is 13.6. The summed E-state index contributed by atoms with van der Waals surface area (Å²) in [5.41, 5.74) is 0.374. The lowest BCUT2D eigenvalue weighted by atomic mass is 10.1. The summed E-state index contributed by atoms with van der Waals surface area (Å²) in [4.78, 5) is 18.0. The summed E-state index contributed by atoms with van der Waals surface area (Å²) < 4.78 is 10.8. The molecule has 0 aromatic carbocycles. The fraction of sp³-hybridized carbons (Fsp3) is 0.400. The molecule has 0 aliphatic carbocycles. The van der Waals surface area contributed by atoms with Crippen LogP contribution in [0.15, 0.2) is 35.1 Å². The minimum absolute atomic E-state index is 0.0772. The topological polar surface area (TPSA) is 68.5 Å². The highest BCUT2D eigenvalue weighted by atomic mass is 16.5. The van der Waals surface area contributed by atoms with Crippen molar-refractivity contribution < 1.29 is 14.1 Å². The van der Waals surface area contributed by atoms with E-state index >= 15 is 0 Å². The molecule has 0 saturated carbocycles. The molecule has 1 aliphatic rings. The lowest BCUT2D eigenvalue weighted by Gasteiger charge is -2.31. The zero-order valence-electron chi connectivity index (χ0n) is 11.9. The Balaban J connectivity index is 1.54. The van der Waals surface area contributed by atoms with Crippen LogP contribution in [-0.2, 0) is 0 Å². The second kappa shape index (κ2) is 5.95. The van der Waals surface area contributed by atoms with E-state index in [9.17, 15) is 4.79 Å². The van der Waals surface area contributed by atoms with Crippen molar-refractivity contribution in [3.63, 3.8) is 0 Å². The number of aromatic nitrogens is 2. The average Bonchev–Trinajstić information content (AvgIpc) is 2.95. The highest BCUT2D eigenvalue weighted by Crippen LogP contribution is 2.19. The smallest absolute Gasteiger partial charge is 0.276 e. The molecular formula is C15H17N3O3. The van der Waals surface area contributed by atoms with E-state index in [-0.39, 0.29) is 12.0 Å². The summed E-state index contributed by atoms with van der Waals surface area (Å²) >= 11 is 0. The van der Waals surface area contributed by atoms with Crippen LogP contribution in [0, 0.1) is 6.92 Å². The lowest BCUT2D eigenvalue weighted by Crippen LogP contribution is -2.41. The van der Waals surface area contributed by atoms with Gasteiger partial charge in [-0.05, 0) is 19.1 Å². The molecule has 3 rings (SSSR count). The second-order valence-electron chi connectivity index (χ2n) is 5.12. The Morgan fingerprint density at radius 3 is 2.86 bits per heavy atom. The van der Waals surface area contributed by atoms with Gasteiger partial charge in [-0.15, -0.1) is 0 Å². The van der Waals surface area contributed by atoms with Crippen molar-refractivity contribution in [2.24, 2.45) is 0 Å². The van der Waals surface area contributed by atoms with Crippen molar-refractivity contribution in [1.82, 2.24) is 15.0 Å². The number of aryl methyl sites for hydroxylation is 1. The molecule has 0 spiro atoms. The minimum Gasteiger partial charge on any atom is -0.489 e. The van der Waals surface area contributed by atoms with Crippen LogP contribution in [0.2, 0.25) is 0 Å². The number of pyridine rings is 1. The van der Waals surface area contributed by atoms with Gasteiger partial charge in [0.2, 0.25) is 0 Å². The normalized spacial score (nSPS) is 16.0. The Kier molecular flexibility index (Phi) is 3.85. The Morgan fingerprint density at radius 1 is 1.43 bits per heavy atom. The van der Waals surface area contributed by atoms with Crippen LogP contribution in [0.3, 0.4) is 0 Å². The first-order valence-electron chi connectivity index (χ1n) is 7.01. The van der Waals surface area contributed by atoms with Crippen molar-refractivity contribution >= 4 is 5.91 Å². The molecule has 1 aliphatic heterocycles. The molecular weight excluding hydrogens is 270 g/mol. The van der Waals surface area contributed by atoms with Gasteiger partial charge in [-0.1, -0.05) is 5.16 Å². The van der Waals surface area contributed by atoms with Gasteiger partial charge in [0, 0.05) is 38.2 Å². The Morgan fingerprint density at radius 2 is 2.24 bits per heavy atom.